The van der Waals surface area contributed by atoms with Crippen LogP contribution < -0.4 is 5.32 Å². The van der Waals surface area contributed by atoms with Crippen molar-refractivity contribution < 1.29 is 4.39 Å². The summed E-state index contributed by atoms with van der Waals surface area (Å²) in [7, 11) is 0. The maximum absolute atomic E-state index is 13.2. The molecule has 1 saturated heterocycles. The Morgan fingerprint density at radius 3 is 2.60 bits per heavy atom. The Labute approximate surface area is 129 Å². The first-order valence-electron chi connectivity index (χ1n) is 7.57. The van der Waals surface area contributed by atoms with E-state index < -0.39 is 0 Å². The van der Waals surface area contributed by atoms with E-state index in [1.54, 1.807) is 0 Å². The number of hydrogen-bond donors (Lipinski definition) is 1. The second kappa shape index (κ2) is 8.11. The highest BCUT2D eigenvalue weighted by Crippen LogP contribution is 2.21. The summed E-state index contributed by atoms with van der Waals surface area (Å²) >= 11 is 3.24. The average Bonchev–Trinajstić information content (AvgIpc) is 2.70. The number of benzene rings is 1. The molecule has 1 unspecified atom stereocenters. The van der Waals surface area contributed by atoms with Crippen molar-refractivity contribution in [3.05, 3.63) is 34.1 Å². The predicted molar refractivity (Wildman–Crippen MR) is 85.4 cm³/mol. The molecule has 112 valence electrons. The van der Waals surface area contributed by atoms with Crippen LogP contribution in [0.2, 0.25) is 0 Å². The lowest BCUT2D eigenvalue weighted by Gasteiger charge is -2.22. The van der Waals surface area contributed by atoms with Gasteiger partial charge in [-0.05, 0) is 66.5 Å². The lowest BCUT2D eigenvalue weighted by molar-refractivity contribution is 0.280. The third-order valence-corrected chi connectivity index (χ3v) is 4.63. The summed E-state index contributed by atoms with van der Waals surface area (Å²) in [6.45, 7) is 6.68. The first-order valence-corrected chi connectivity index (χ1v) is 8.37. The summed E-state index contributed by atoms with van der Waals surface area (Å²) in [5.41, 5.74) is 1.12. The standard InChI is InChI=1S/C16H24BrFN2/c1-13(14-6-7-16(18)15(17)12-14)19-8-11-20-9-4-2-3-5-10-20/h6-7,12-13,19H,2-5,8-11H2,1H3. The third kappa shape index (κ3) is 4.83. The molecule has 1 N–H and O–H groups in total. The molecule has 0 radical (unpaired) electrons. The summed E-state index contributed by atoms with van der Waals surface area (Å²) in [5, 5.41) is 3.53. The Morgan fingerprint density at radius 2 is 1.95 bits per heavy atom. The van der Waals surface area contributed by atoms with Crippen LogP contribution in [0.4, 0.5) is 4.39 Å². The van der Waals surface area contributed by atoms with Gasteiger partial charge in [0.2, 0.25) is 0 Å². The molecule has 2 rings (SSSR count). The van der Waals surface area contributed by atoms with E-state index in [9.17, 15) is 4.39 Å². The first-order chi connectivity index (χ1) is 9.66. The molecule has 2 nitrogen and oxygen atoms in total. The van der Waals surface area contributed by atoms with Crippen LogP contribution in [0.15, 0.2) is 22.7 Å². The molecule has 1 aliphatic heterocycles. The van der Waals surface area contributed by atoms with Crippen LogP contribution in [0, 0.1) is 5.82 Å². The maximum atomic E-state index is 13.2. The van der Waals surface area contributed by atoms with E-state index in [2.05, 4.69) is 33.1 Å². The number of nitrogens with zero attached hydrogens (tertiary/aromatic N) is 1. The zero-order valence-electron chi connectivity index (χ0n) is 12.2. The number of nitrogens with one attached hydrogen (secondary N) is 1. The molecule has 1 atom stereocenters. The molecule has 20 heavy (non-hydrogen) atoms. The van der Waals surface area contributed by atoms with Crippen LogP contribution in [0.25, 0.3) is 0 Å². The summed E-state index contributed by atoms with van der Waals surface area (Å²) in [4.78, 5) is 2.55. The van der Waals surface area contributed by atoms with Gasteiger partial charge in [-0.25, -0.2) is 4.39 Å². The fourth-order valence-corrected chi connectivity index (χ4v) is 3.10. The lowest BCUT2D eigenvalue weighted by Crippen LogP contribution is -2.33. The minimum atomic E-state index is -0.203. The fraction of sp³-hybridized carbons (Fsp3) is 0.625. The Balaban J connectivity index is 1.76. The molecule has 0 saturated carbocycles. The van der Waals surface area contributed by atoms with Gasteiger partial charge in [0.05, 0.1) is 4.47 Å². The van der Waals surface area contributed by atoms with Gasteiger partial charge in [-0.3, -0.25) is 0 Å². The van der Waals surface area contributed by atoms with E-state index in [-0.39, 0.29) is 11.9 Å². The van der Waals surface area contributed by atoms with Crippen molar-refractivity contribution in [1.29, 1.82) is 0 Å². The summed E-state index contributed by atoms with van der Waals surface area (Å²) in [6.07, 6.45) is 5.43. The summed E-state index contributed by atoms with van der Waals surface area (Å²) in [5.74, 6) is -0.203. The minimum Gasteiger partial charge on any atom is -0.309 e. The molecule has 0 spiro atoms. The van der Waals surface area contributed by atoms with Gasteiger partial charge in [0.25, 0.3) is 0 Å². The monoisotopic (exact) mass is 342 g/mol. The Hall–Kier alpha value is -0.450. The molecule has 1 aliphatic rings. The van der Waals surface area contributed by atoms with Crippen LogP contribution >= 0.6 is 15.9 Å². The zero-order valence-corrected chi connectivity index (χ0v) is 13.8. The molecule has 0 amide bonds. The summed E-state index contributed by atoms with van der Waals surface area (Å²) < 4.78 is 13.8. The normalized spacial score (nSPS) is 18.8. The van der Waals surface area contributed by atoms with Crippen molar-refractivity contribution in [2.45, 2.75) is 38.6 Å². The second-order valence-corrected chi connectivity index (χ2v) is 6.46. The van der Waals surface area contributed by atoms with Crippen LogP contribution in [0.1, 0.15) is 44.2 Å². The minimum absolute atomic E-state index is 0.203. The van der Waals surface area contributed by atoms with Gasteiger partial charge in [0, 0.05) is 19.1 Å². The second-order valence-electron chi connectivity index (χ2n) is 5.61. The van der Waals surface area contributed by atoms with Crippen molar-refractivity contribution in [2.24, 2.45) is 0 Å². The van der Waals surface area contributed by atoms with Crippen molar-refractivity contribution in [2.75, 3.05) is 26.2 Å². The van der Waals surface area contributed by atoms with E-state index in [1.165, 1.54) is 44.8 Å². The third-order valence-electron chi connectivity index (χ3n) is 4.02. The average molecular weight is 343 g/mol. The van der Waals surface area contributed by atoms with Crippen LogP contribution in [0.5, 0.6) is 0 Å². The highest BCUT2D eigenvalue weighted by molar-refractivity contribution is 9.10. The van der Waals surface area contributed by atoms with Crippen LogP contribution in [-0.2, 0) is 0 Å². The number of likely N-dealkylation sites (tertiary alicyclic amines) is 1. The molecule has 0 aromatic heterocycles. The highest BCUT2D eigenvalue weighted by atomic mass is 79.9. The molecule has 0 aliphatic carbocycles. The van der Waals surface area contributed by atoms with Crippen molar-refractivity contribution in [1.82, 2.24) is 10.2 Å². The first kappa shape index (κ1) is 15.9. The molecule has 1 aromatic carbocycles. The Kier molecular flexibility index (Phi) is 6.46. The molecule has 4 heteroatoms. The van der Waals surface area contributed by atoms with E-state index in [4.69, 9.17) is 0 Å². The maximum Gasteiger partial charge on any atom is 0.137 e. The molecule has 1 fully saturated rings. The molecule has 0 bridgehead atoms. The fourth-order valence-electron chi connectivity index (χ4n) is 2.70. The zero-order chi connectivity index (χ0) is 14.4. The molecular formula is C16H24BrFN2. The number of halogens is 2. The van der Waals surface area contributed by atoms with E-state index in [1.807, 2.05) is 12.1 Å². The lowest BCUT2D eigenvalue weighted by atomic mass is 10.1. The quantitative estimate of drug-likeness (QED) is 0.865. The van der Waals surface area contributed by atoms with Gasteiger partial charge in [-0.2, -0.15) is 0 Å². The van der Waals surface area contributed by atoms with E-state index >= 15 is 0 Å². The van der Waals surface area contributed by atoms with Crippen LogP contribution in [0.3, 0.4) is 0 Å². The number of rotatable bonds is 5. The van der Waals surface area contributed by atoms with Gasteiger partial charge in [-0.1, -0.05) is 18.9 Å². The highest BCUT2D eigenvalue weighted by Gasteiger charge is 2.10. The van der Waals surface area contributed by atoms with Gasteiger partial charge >= 0.3 is 0 Å². The SMILES string of the molecule is CC(NCCN1CCCCCC1)c1ccc(F)c(Br)c1. The van der Waals surface area contributed by atoms with Gasteiger partial charge < -0.3 is 10.2 Å². The molecule has 1 aromatic rings. The van der Waals surface area contributed by atoms with Crippen molar-refractivity contribution >= 4 is 15.9 Å². The Bertz CT molecular complexity index is 417. The van der Waals surface area contributed by atoms with Gasteiger partial charge in [0.1, 0.15) is 5.82 Å². The smallest absolute Gasteiger partial charge is 0.137 e. The molecule has 1 heterocycles. The van der Waals surface area contributed by atoms with E-state index in [0.717, 1.165) is 18.7 Å². The number of hydrogen-bond acceptors (Lipinski definition) is 2. The van der Waals surface area contributed by atoms with E-state index in [0.29, 0.717) is 4.47 Å². The summed E-state index contributed by atoms with van der Waals surface area (Å²) in [6, 6.07) is 5.48. The van der Waals surface area contributed by atoms with Crippen LogP contribution in [-0.4, -0.2) is 31.1 Å². The van der Waals surface area contributed by atoms with Gasteiger partial charge in [-0.15, -0.1) is 0 Å². The molecular weight excluding hydrogens is 319 g/mol. The van der Waals surface area contributed by atoms with Gasteiger partial charge in [0.15, 0.2) is 0 Å². The Morgan fingerprint density at radius 1 is 1.25 bits per heavy atom. The predicted octanol–water partition coefficient (Wildman–Crippen LogP) is 4.11. The van der Waals surface area contributed by atoms with Crippen molar-refractivity contribution in [3.8, 4) is 0 Å². The van der Waals surface area contributed by atoms with Crippen molar-refractivity contribution in [3.63, 3.8) is 0 Å². The largest absolute Gasteiger partial charge is 0.309 e. The topological polar surface area (TPSA) is 15.3 Å².